The van der Waals surface area contributed by atoms with Crippen LogP contribution < -0.4 is 5.32 Å². The topological polar surface area (TPSA) is 15.3 Å². The van der Waals surface area contributed by atoms with E-state index in [9.17, 15) is 0 Å². The van der Waals surface area contributed by atoms with E-state index in [-0.39, 0.29) is 0 Å². The third-order valence-corrected chi connectivity index (χ3v) is 3.53. The van der Waals surface area contributed by atoms with Crippen LogP contribution in [0.5, 0.6) is 0 Å². The van der Waals surface area contributed by atoms with E-state index in [1.165, 1.54) is 12.8 Å². The van der Waals surface area contributed by atoms with Gasteiger partial charge in [-0.15, -0.1) is 0 Å². The molecule has 0 heterocycles. The van der Waals surface area contributed by atoms with Gasteiger partial charge < -0.3 is 10.2 Å². The van der Waals surface area contributed by atoms with Crippen LogP contribution in [0.1, 0.15) is 54.4 Å². The van der Waals surface area contributed by atoms with Crippen LogP contribution in [0.4, 0.5) is 0 Å². The van der Waals surface area contributed by atoms with Crippen molar-refractivity contribution in [1.82, 2.24) is 10.2 Å². The Hall–Kier alpha value is -0.0800. The minimum atomic E-state index is 0.330. The second-order valence-electron chi connectivity index (χ2n) is 5.89. The molecule has 0 aliphatic rings. The minimum Gasteiger partial charge on any atom is -0.312 e. The maximum atomic E-state index is 3.61. The van der Waals surface area contributed by atoms with Gasteiger partial charge in [0.1, 0.15) is 0 Å². The molecule has 0 amide bonds. The Morgan fingerprint density at radius 1 is 1.06 bits per heavy atom. The summed E-state index contributed by atoms with van der Waals surface area (Å²) in [6, 6.07) is 1.30. The lowest BCUT2D eigenvalue weighted by Crippen LogP contribution is -2.49. The van der Waals surface area contributed by atoms with Crippen molar-refractivity contribution in [2.75, 3.05) is 20.1 Å². The van der Waals surface area contributed by atoms with E-state index in [0.717, 1.165) is 19.1 Å². The molecule has 0 aliphatic carbocycles. The highest BCUT2D eigenvalue weighted by atomic mass is 15.2. The quantitative estimate of drug-likeness (QED) is 0.720. The first-order chi connectivity index (χ1) is 7.36. The van der Waals surface area contributed by atoms with Crippen molar-refractivity contribution >= 4 is 0 Å². The molecule has 0 aliphatic heterocycles. The van der Waals surface area contributed by atoms with E-state index < -0.39 is 0 Å². The molecule has 0 spiro atoms. The molecule has 0 saturated carbocycles. The van der Waals surface area contributed by atoms with E-state index in [0.29, 0.717) is 11.5 Å². The van der Waals surface area contributed by atoms with Crippen molar-refractivity contribution in [3.05, 3.63) is 0 Å². The predicted molar refractivity (Wildman–Crippen MR) is 73.9 cm³/mol. The highest BCUT2D eigenvalue weighted by molar-refractivity contribution is 4.84. The fraction of sp³-hybridized carbons (Fsp3) is 1.00. The van der Waals surface area contributed by atoms with Gasteiger partial charge in [0.25, 0.3) is 0 Å². The van der Waals surface area contributed by atoms with Gasteiger partial charge in [-0.05, 0) is 31.8 Å². The molecule has 0 fully saturated rings. The molecule has 0 radical (unpaired) electrons. The number of hydrogen-bond acceptors (Lipinski definition) is 2. The molecule has 0 bridgehead atoms. The second kappa shape index (κ2) is 7.29. The van der Waals surface area contributed by atoms with Gasteiger partial charge in [0.05, 0.1) is 0 Å². The highest BCUT2D eigenvalue weighted by Gasteiger charge is 2.26. The zero-order valence-electron chi connectivity index (χ0n) is 12.4. The van der Waals surface area contributed by atoms with Crippen LogP contribution >= 0.6 is 0 Å². The maximum absolute atomic E-state index is 3.61. The minimum absolute atomic E-state index is 0.330. The Labute approximate surface area is 103 Å². The summed E-state index contributed by atoms with van der Waals surface area (Å²) in [4.78, 5) is 2.51. The van der Waals surface area contributed by atoms with Gasteiger partial charge in [-0.1, -0.05) is 41.5 Å². The first kappa shape index (κ1) is 15.9. The average Bonchev–Trinajstić information content (AvgIpc) is 2.17. The monoisotopic (exact) mass is 228 g/mol. The van der Waals surface area contributed by atoms with Crippen LogP contribution in [0, 0.1) is 5.41 Å². The Kier molecular flexibility index (Phi) is 7.25. The summed E-state index contributed by atoms with van der Waals surface area (Å²) in [6.07, 6.45) is 2.49. The van der Waals surface area contributed by atoms with Crippen LogP contribution in [0.15, 0.2) is 0 Å². The van der Waals surface area contributed by atoms with E-state index in [1.54, 1.807) is 0 Å². The van der Waals surface area contributed by atoms with E-state index in [2.05, 4.69) is 58.8 Å². The maximum Gasteiger partial charge on any atom is 0.0243 e. The fourth-order valence-corrected chi connectivity index (χ4v) is 2.24. The van der Waals surface area contributed by atoms with Crippen molar-refractivity contribution in [2.45, 2.75) is 66.5 Å². The van der Waals surface area contributed by atoms with Gasteiger partial charge in [-0.25, -0.2) is 0 Å². The smallest absolute Gasteiger partial charge is 0.0243 e. The molecular formula is C14H32N2. The molecule has 1 unspecified atom stereocenters. The normalized spacial score (nSPS) is 14.8. The van der Waals surface area contributed by atoms with Crippen LogP contribution in [0.3, 0.4) is 0 Å². The van der Waals surface area contributed by atoms with Gasteiger partial charge in [0.15, 0.2) is 0 Å². The standard InChI is InChI=1S/C14H32N2/c1-8-12(9-2)16(7)11-13(15-10-3)14(4,5)6/h12-13,15H,8-11H2,1-7H3. The number of rotatable bonds is 7. The average molecular weight is 228 g/mol. The molecule has 0 aromatic heterocycles. The van der Waals surface area contributed by atoms with Crippen molar-refractivity contribution in [2.24, 2.45) is 5.41 Å². The molecule has 16 heavy (non-hydrogen) atoms. The zero-order chi connectivity index (χ0) is 12.8. The largest absolute Gasteiger partial charge is 0.312 e. The van der Waals surface area contributed by atoms with Gasteiger partial charge >= 0.3 is 0 Å². The van der Waals surface area contributed by atoms with E-state index in [1.807, 2.05) is 0 Å². The molecular weight excluding hydrogens is 196 g/mol. The van der Waals surface area contributed by atoms with Crippen LogP contribution in [-0.2, 0) is 0 Å². The SMILES string of the molecule is CCNC(CN(C)C(CC)CC)C(C)(C)C. The third-order valence-electron chi connectivity index (χ3n) is 3.53. The molecule has 0 aromatic carbocycles. The molecule has 2 heteroatoms. The summed E-state index contributed by atoms with van der Waals surface area (Å²) in [5, 5.41) is 3.61. The molecule has 0 saturated heterocycles. The molecule has 0 rings (SSSR count). The summed E-state index contributed by atoms with van der Waals surface area (Å²) < 4.78 is 0. The zero-order valence-corrected chi connectivity index (χ0v) is 12.4. The second-order valence-corrected chi connectivity index (χ2v) is 5.89. The molecule has 1 atom stereocenters. The molecule has 0 aromatic rings. The molecule has 2 nitrogen and oxygen atoms in total. The molecule has 98 valence electrons. The van der Waals surface area contributed by atoms with Gasteiger partial charge in [0, 0.05) is 18.6 Å². The lowest BCUT2D eigenvalue weighted by atomic mass is 9.86. The predicted octanol–water partition coefficient (Wildman–Crippen LogP) is 3.13. The fourth-order valence-electron chi connectivity index (χ4n) is 2.24. The Morgan fingerprint density at radius 2 is 1.56 bits per heavy atom. The van der Waals surface area contributed by atoms with Crippen LogP contribution in [0.25, 0.3) is 0 Å². The Balaban J connectivity index is 4.38. The summed E-state index contributed by atoms with van der Waals surface area (Å²) in [5.41, 5.74) is 0.330. The highest BCUT2D eigenvalue weighted by Crippen LogP contribution is 2.21. The summed E-state index contributed by atoms with van der Waals surface area (Å²) >= 11 is 0. The van der Waals surface area contributed by atoms with Crippen LogP contribution in [-0.4, -0.2) is 37.1 Å². The Morgan fingerprint density at radius 3 is 1.88 bits per heavy atom. The van der Waals surface area contributed by atoms with Crippen LogP contribution in [0.2, 0.25) is 0 Å². The van der Waals surface area contributed by atoms with Gasteiger partial charge in [-0.3, -0.25) is 0 Å². The first-order valence-electron chi connectivity index (χ1n) is 6.80. The number of nitrogens with zero attached hydrogens (tertiary/aromatic N) is 1. The first-order valence-corrected chi connectivity index (χ1v) is 6.80. The van der Waals surface area contributed by atoms with Crippen molar-refractivity contribution in [3.8, 4) is 0 Å². The Bertz CT molecular complexity index is 168. The van der Waals surface area contributed by atoms with E-state index in [4.69, 9.17) is 0 Å². The number of likely N-dealkylation sites (N-methyl/N-ethyl adjacent to an activating group) is 2. The lowest BCUT2D eigenvalue weighted by Gasteiger charge is -2.37. The summed E-state index contributed by atoms with van der Waals surface area (Å²) in [7, 11) is 2.26. The van der Waals surface area contributed by atoms with Gasteiger partial charge in [0.2, 0.25) is 0 Å². The lowest BCUT2D eigenvalue weighted by molar-refractivity contribution is 0.154. The van der Waals surface area contributed by atoms with Gasteiger partial charge in [-0.2, -0.15) is 0 Å². The number of hydrogen-bond donors (Lipinski definition) is 1. The summed E-state index contributed by atoms with van der Waals surface area (Å²) in [5.74, 6) is 0. The summed E-state index contributed by atoms with van der Waals surface area (Å²) in [6.45, 7) is 15.9. The molecule has 1 N–H and O–H groups in total. The third kappa shape index (κ3) is 5.31. The van der Waals surface area contributed by atoms with Crippen molar-refractivity contribution in [3.63, 3.8) is 0 Å². The van der Waals surface area contributed by atoms with Crippen molar-refractivity contribution in [1.29, 1.82) is 0 Å². The van der Waals surface area contributed by atoms with E-state index >= 15 is 0 Å². The number of nitrogens with one attached hydrogen (secondary N) is 1. The van der Waals surface area contributed by atoms with Crippen molar-refractivity contribution < 1.29 is 0 Å².